The van der Waals surface area contributed by atoms with Gasteiger partial charge in [0.25, 0.3) is 0 Å². The van der Waals surface area contributed by atoms with Crippen LogP contribution in [0.25, 0.3) is 11.1 Å². The summed E-state index contributed by atoms with van der Waals surface area (Å²) in [7, 11) is 0. The van der Waals surface area contributed by atoms with Crippen LogP contribution < -0.4 is 0 Å². The van der Waals surface area contributed by atoms with Crippen molar-refractivity contribution in [3.63, 3.8) is 0 Å². The second-order valence-electron chi connectivity index (χ2n) is 5.21. The van der Waals surface area contributed by atoms with Crippen molar-refractivity contribution in [3.05, 3.63) is 72.1 Å². The van der Waals surface area contributed by atoms with Gasteiger partial charge in [0.05, 0.1) is 17.8 Å². The Morgan fingerprint density at radius 1 is 1.17 bits per heavy atom. The van der Waals surface area contributed by atoms with Gasteiger partial charge in [-0.3, -0.25) is 4.98 Å². The molecular weight excluding hydrogens is 290 g/mol. The maximum absolute atomic E-state index is 11.3. The van der Waals surface area contributed by atoms with Crippen LogP contribution in [0.2, 0.25) is 0 Å². The van der Waals surface area contributed by atoms with Crippen molar-refractivity contribution in [3.8, 4) is 11.1 Å². The van der Waals surface area contributed by atoms with Gasteiger partial charge in [-0.2, -0.15) is 0 Å². The van der Waals surface area contributed by atoms with E-state index in [1.165, 1.54) is 0 Å². The van der Waals surface area contributed by atoms with E-state index in [1.807, 2.05) is 24.4 Å². The van der Waals surface area contributed by atoms with Gasteiger partial charge in [0.15, 0.2) is 0 Å². The molecule has 0 aliphatic carbocycles. The number of aromatic carboxylic acids is 1. The van der Waals surface area contributed by atoms with Gasteiger partial charge >= 0.3 is 5.97 Å². The van der Waals surface area contributed by atoms with Crippen LogP contribution in [-0.4, -0.2) is 25.6 Å². The molecule has 5 nitrogen and oxygen atoms in total. The molecule has 0 aliphatic rings. The Balaban J connectivity index is 1.87. The quantitative estimate of drug-likeness (QED) is 0.785. The van der Waals surface area contributed by atoms with E-state index in [9.17, 15) is 9.90 Å². The summed E-state index contributed by atoms with van der Waals surface area (Å²) in [6.07, 6.45) is 6.32. The fourth-order valence-corrected chi connectivity index (χ4v) is 2.57. The fourth-order valence-electron chi connectivity index (χ4n) is 2.57. The van der Waals surface area contributed by atoms with E-state index in [4.69, 9.17) is 0 Å². The highest BCUT2D eigenvalue weighted by molar-refractivity contribution is 5.95. The number of carbonyl (C=O) groups is 1. The molecule has 0 radical (unpaired) electrons. The van der Waals surface area contributed by atoms with Crippen LogP contribution in [0.15, 0.2) is 55.0 Å². The smallest absolute Gasteiger partial charge is 0.336 e. The highest BCUT2D eigenvalue weighted by Gasteiger charge is 2.11. The van der Waals surface area contributed by atoms with Gasteiger partial charge < -0.3 is 9.67 Å². The van der Waals surface area contributed by atoms with Crippen LogP contribution in [0.1, 0.15) is 28.8 Å². The van der Waals surface area contributed by atoms with Crippen molar-refractivity contribution < 1.29 is 9.90 Å². The standard InChI is InChI=1S/C18H17N3O2/c1-2-17-19-9-10-21(17)12-14-8-7-13(11-20-14)15-5-3-4-6-16(15)18(22)23/h3-11H,2,12H2,1H3,(H,22,23). The van der Waals surface area contributed by atoms with Crippen LogP contribution in [0.3, 0.4) is 0 Å². The third-order valence-corrected chi connectivity index (χ3v) is 3.74. The van der Waals surface area contributed by atoms with Gasteiger partial charge in [-0.25, -0.2) is 9.78 Å². The number of nitrogens with zero attached hydrogens (tertiary/aromatic N) is 3. The van der Waals surface area contributed by atoms with Gasteiger partial charge in [0.2, 0.25) is 0 Å². The summed E-state index contributed by atoms with van der Waals surface area (Å²) in [5.41, 5.74) is 2.67. The van der Waals surface area contributed by atoms with Crippen LogP contribution in [0.5, 0.6) is 0 Å². The van der Waals surface area contributed by atoms with E-state index in [0.717, 1.165) is 23.5 Å². The molecule has 0 atom stereocenters. The van der Waals surface area contributed by atoms with E-state index in [0.29, 0.717) is 12.1 Å². The van der Waals surface area contributed by atoms with Crippen molar-refractivity contribution in [1.82, 2.24) is 14.5 Å². The van der Waals surface area contributed by atoms with Crippen molar-refractivity contribution >= 4 is 5.97 Å². The molecule has 5 heteroatoms. The van der Waals surface area contributed by atoms with E-state index in [2.05, 4.69) is 21.5 Å². The van der Waals surface area contributed by atoms with Gasteiger partial charge in [0.1, 0.15) is 5.82 Å². The summed E-state index contributed by atoms with van der Waals surface area (Å²) in [4.78, 5) is 20.1. The number of carboxylic acids is 1. The summed E-state index contributed by atoms with van der Waals surface area (Å²) in [6, 6.07) is 10.8. The summed E-state index contributed by atoms with van der Waals surface area (Å²) in [5, 5.41) is 9.28. The number of hydrogen-bond acceptors (Lipinski definition) is 3. The number of rotatable bonds is 5. The molecule has 0 aliphatic heterocycles. The lowest BCUT2D eigenvalue weighted by atomic mass is 10.0. The number of pyridine rings is 1. The molecular formula is C18H17N3O2. The van der Waals surface area contributed by atoms with Crippen LogP contribution in [0.4, 0.5) is 0 Å². The highest BCUT2D eigenvalue weighted by atomic mass is 16.4. The van der Waals surface area contributed by atoms with Gasteiger partial charge in [0, 0.05) is 30.6 Å². The SMILES string of the molecule is CCc1nccn1Cc1ccc(-c2ccccc2C(=O)O)cn1. The lowest BCUT2D eigenvalue weighted by Gasteiger charge is -2.08. The summed E-state index contributed by atoms with van der Waals surface area (Å²) >= 11 is 0. The molecule has 3 rings (SSSR count). The molecule has 0 unspecified atom stereocenters. The fraction of sp³-hybridized carbons (Fsp3) is 0.167. The first-order valence-corrected chi connectivity index (χ1v) is 7.46. The van der Waals surface area contributed by atoms with Gasteiger partial charge in [-0.1, -0.05) is 31.2 Å². The van der Waals surface area contributed by atoms with E-state index in [1.54, 1.807) is 30.6 Å². The second-order valence-corrected chi connectivity index (χ2v) is 5.21. The second kappa shape index (κ2) is 6.44. The van der Waals surface area contributed by atoms with E-state index in [-0.39, 0.29) is 5.56 Å². The number of aromatic nitrogens is 3. The molecule has 1 aromatic carbocycles. The maximum Gasteiger partial charge on any atom is 0.336 e. The topological polar surface area (TPSA) is 68.0 Å². The third kappa shape index (κ3) is 3.13. The van der Waals surface area contributed by atoms with Crippen molar-refractivity contribution in [2.24, 2.45) is 0 Å². The lowest BCUT2D eigenvalue weighted by Crippen LogP contribution is -2.05. The number of benzene rings is 1. The molecule has 116 valence electrons. The predicted molar refractivity (Wildman–Crippen MR) is 87.3 cm³/mol. The Bertz CT molecular complexity index is 822. The van der Waals surface area contributed by atoms with Gasteiger partial charge in [-0.15, -0.1) is 0 Å². The van der Waals surface area contributed by atoms with Gasteiger partial charge in [-0.05, 0) is 17.7 Å². The minimum Gasteiger partial charge on any atom is -0.478 e. The minimum absolute atomic E-state index is 0.282. The molecule has 0 bridgehead atoms. The zero-order valence-electron chi connectivity index (χ0n) is 12.8. The average molecular weight is 307 g/mol. The maximum atomic E-state index is 11.3. The van der Waals surface area contributed by atoms with E-state index < -0.39 is 5.97 Å². The molecule has 23 heavy (non-hydrogen) atoms. The summed E-state index contributed by atoms with van der Waals surface area (Å²) in [5.74, 6) is 0.0859. The average Bonchev–Trinajstić information content (AvgIpc) is 3.02. The normalized spacial score (nSPS) is 10.7. The highest BCUT2D eigenvalue weighted by Crippen LogP contribution is 2.23. The molecule has 1 N–H and O–H groups in total. The Hall–Kier alpha value is -2.95. The first-order chi connectivity index (χ1) is 11.2. The number of imidazole rings is 1. The molecule has 0 spiro atoms. The molecule has 2 heterocycles. The van der Waals surface area contributed by atoms with Crippen molar-refractivity contribution in [1.29, 1.82) is 0 Å². The molecule has 0 amide bonds. The molecule has 0 saturated carbocycles. The lowest BCUT2D eigenvalue weighted by molar-refractivity contribution is 0.0697. The number of aryl methyl sites for hydroxylation is 1. The van der Waals surface area contributed by atoms with Crippen LogP contribution >= 0.6 is 0 Å². The minimum atomic E-state index is -0.935. The molecule has 0 saturated heterocycles. The monoisotopic (exact) mass is 307 g/mol. The summed E-state index contributed by atoms with van der Waals surface area (Å²) in [6.45, 7) is 2.72. The Labute approximate surface area is 134 Å². The summed E-state index contributed by atoms with van der Waals surface area (Å²) < 4.78 is 2.06. The first-order valence-electron chi connectivity index (χ1n) is 7.46. The molecule has 0 fully saturated rings. The van der Waals surface area contributed by atoms with Crippen LogP contribution in [0, 0.1) is 0 Å². The third-order valence-electron chi connectivity index (χ3n) is 3.74. The van der Waals surface area contributed by atoms with Crippen molar-refractivity contribution in [2.75, 3.05) is 0 Å². The zero-order chi connectivity index (χ0) is 16.2. The van der Waals surface area contributed by atoms with E-state index >= 15 is 0 Å². The number of carboxylic acid groups (broad SMARTS) is 1. The largest absolute Gasteiger partial charge is 0.478 e. The van der Waals surface area contributed by atoms with Crippen LogP contribution in [-0.2, 0) is 13.0 Å². The Kier molecular flexibility index (Phi) is 4.19. The predicted octanol–water partition coefficient (Wildman–Crippen LogP) is 3.25. The first kappa shape index (κ1) is 15.0. The molecule has 2 aromatic heterocycles. The van der Waals surface area contributed by atoms with Crippen molar-refractivity contribution in [2.45, 2.75) is 19.9 Å². The number of hydrogen-bond donors (Lipinski definition) is 1. The molecule has 3 aromatic rings. The Morgan fingerprint density at radius 3 is 2.70 bits per heavy atom. The Morgan fingerprint density at radius 2 is 2.00 bits per heavy atom. The zero-order valence-corrected chi connectivity index (χ0v) is 12.8.